The highest BCUT2D eigenvalue weighted by atomic mass is 16.5. The second-order valence-corrected chi connectivity index (χ2v) is 6.47. The summed E-state index contributed by atoms with van der Waals surface area (Å²) in [5, 5.41) is 1.39. The fourth-order valence-corrected chi connectivity index (χ4v) is 3.63. The van der Waals surface area contributed by atoms with Crippen molar-refractivity contribution in [3.8, 4) is 11.4 Å². The van der Waals surface area contributed by atoms with Crippen molar-refractivity contribution in [2.24, 2.45) is 0 Å². The number of likely N-dealkylation sites (N-methyl/N-ethyl adjacent to an activating group) is 1. The largest absolute Gasteiger partial charge is 0.497 e. The number of aromatic nitrogens is 1. The lowest BCUT2D eigenvalue weighted by Crippen LogP contribution is -2.27. The highest BCUT2D eigenvalue weighted by Gasteiger charge is 2.23. The molecule has 118 valence electrons. The van der Waals surface area contributed by atoms with Crippen LogP contribution in [0.15, 0.2) is 42.5 Å². The molecule has 1 aromatic heterocycles. The number of nitrogens with zero attached hydrogens (tertiary/aromatic N) is 2. The van der Waals surface area contributed by atoms with Crippen LogP contribution in [0.3, 0.4) is 0 Å². The van der Waals surface area contributed by atoms with Gasteiger partial charge in [-0.1, -0.05) is 11.6 Å². The van der Waals surface area contributed by atoms with Gasteiger partial charge in [0.2, 0.25) is 0 Å². The van der Waals surface area contributed by atoms with Crippen molar-refractivity contribution in [2.45, 2.75) is 19.9 Å². The zero-order valence-corrected chi connectivity index (χ0v) is 14.0. The van der Waals surface area contributed by atoms with Crippen molar-refractivity contribution < 1.29 is 4.74 Å². The molecule has 0 atom stereocenters. The number of rotatable bonds is 2. The summed E-state index contributed by atoms with van der Waals surface area (Å²) in [4.78, 5) is 2.41. The van der Waals surface area contributed by atoms with E-state index in [1.165, 1.54) is 33.4 Å². The zero-order valence-electron chi connectivity index (χ0n) is 14.0. The van der Waals surface area contributed by atoms with Crippen LogP contribution in [0.5, 0.6) is 5.75 Å². The van der Waals surface area contributed by atoms with Crippen LogP contribution >= 0.6 is 0 Å². The summed E-state index contributed by atoms with van der Waals surface area (Å²) < 4.78 is 7.73. The molecule has 0 aliphatic carbocycles. The number of aryl methyl sites for hydroxylation is 1. The maximum absolute atomic E-state index is 5.30. The molecular formula is C20H22N2O. The van der Waals surface area contributed by atoms with E-state index in [0.29, 0.717) is 0 Å². The fraction of sp³-hybridized carbons (Fsp3) is 0.300. The van der Waals surface area contributed by atoms with Gasteiger partial charge in [0.05, 0.1) is 12.6 Å². The summed E-state index contributed by atoms with van der Waals surface area (Å²) in [6.07, 6.45) is 1.09. The first-order valence-electron chi connectivity index (χ1n) is 8.13. The van der Waals surface area contributed by atoms with Gasteiger partial charge >= 0.3 is 0 Å². The topological polar surface area (TPSA) is 17.4 Å². The van der Waals surface area contributed by atoms with Crippen LogP contribution in [-0.2, 0) is 13.0 Å². The van der Waals surface area contributed by atoms with Gasteiger partial charge in [0.1, 0.15) is 5.75 Å². The SMILES string of the molecule is COc1ccc(-n2c3c(c4cc(C)ccc42)CN(C)CC3)cc1. The van der Waals surface area contributed by atoms with E-state index in [4.69, 9.17) is 4.74 Å². The first-order valence-corrected chi connectivity index (χ1v) is 8.13. The van der Waals surface area contributed by atoms with E-state index in [9.17, 15) is 0 Å². The summed E-state index contributed by atoms with van der Waals surface area (Å²) in [6, 6.07) is 15.2. The Kier molecular flexibility index (Phi) is 3.38. The number of fused-ring (bicyclic) bond motifs is 3. The molecule has 0 saturated heterocycles. The average Bonchev–Trinajstić information content (AvgIpc) is 2.88. The molecule has 23 heavy (non-hydrogen) atoms. The Morgan fingerprint density at radius 3 is 2.57 bits per heavy atom. The highest BCUT2D eigenvalue weighted by Crippen LogP contribution is 2.34. The molecule has 0 saturated carbocycles. The summed E-state index contributed by atoms with van der Waals surface area (Å²) in [6.45, 7) is 4.31. The van der Waals surface area contributed by atoms with Crippen LogP contribution in [0.1, 0.15) is 16.8 Å². The van der Waals surface area contributed by atoms with E-state index in [1.807, 2.05) is 12.1 Å². The van der Waals surface area contributed by atoms with Crippen LogP contribution in [0.4, 0.5) is 0 Å². The van der Waals surface area contributed by atoms with Crippen LogP contribution < -0.4 is 4.74 Å². The quantitative estimate of drug-likeness (QED) is 0.713. The number of ether oxygens (including phenoxy) is 1. The summed E-state index contributed by atoms with van der Waals surface area (Å²) in [5.41, 5.74) is 6.77. The molecule has 4 rings (SSSR count). The van der Waals surface area contributed by atoms with Crippen LogP contribution in [-0.4, -0.2) is 30.2 Å². The van der Waals surface area contributed by atoms with E-state index < -0.39 is 0 Å². The zero-order chi connectivity index (χ0) is 16.0. The number of hydrogen-bond donors (Lipinski definition) is 0. The Hall–Kier alpha value is -2.26. The molecule has 1 aliphatic rings. The molecule has 0 bridgehead atoms. The molecule has 2 heterocycles. The first kappa shape index (κ1) is 14.3. The Morgan fingerprint density at radius 1 is 1.04 bits per heavy atom. The maximum atomic E-state index is 5.30. The number of methoxy groups -OCH3 is 1. The second kappa shape index (κ2) is 5.43. The minimum atomic E-state index is 0.898. The molecule has 0 unspecified atom stereocenters. The van der Waals surface area contributed by atoms with Crippen molar-refractivity contribution in [3.05, 3.63) is 59.3 Å². The second-order valence-electron chi connectivity index (χ2n) is 6.47. The van der Waals surface area contributed by atoms with E-state index in [1.54, 1.807) is 7.11 Å². The lowest BCUT2D eigenvalue weighted by atomic mass is 10.0. The average molecular weight is 306 g/mol. The van der Waals surface area contributed by atoms with Gasteiger partial charge in [0.15, 0.2) is 0 Å². The van der Waals surface area contributed by atoms with Gasteiger partial charge in [0.25, 0.3) is 0 Å². The van der Waals surface area contributed by atoms with E-state index in [2.05, 4.69) is 53.8 Å². The fourth-order valence-electron chi connectivity index (χ4n) is 3.63. The van der Waals surface area contributed by atoms with E-state index in [0.717, 1.165) is 25.3 Å². The molecule has 0 radical (unpaired) electrons. The number of benzene rings is 2. The van der Waals surface area contributed by atoms with E-state index >= 15 is 0 Å². The number of hydrogen-bond acceptors (Lipinski definition) is 2. The van der Waals surface area contributed by atoms with Gasteiger partial charge < -0.3 is 14.2 Å². The molecule has 3 aromatic rings. The Labute approximate surface area is 137 Å². The van der Waals surface area contributed by atoms with Crippen LogP contribution in [0.2, 0.25) is 0 Å². The summed E-state index contributed by atoms with van der Waals surface area (Å²) >= 11 is 0. The third kappa shape index (κ3) is 2.32. The van der Waals surface area contributed by atoms with Gasteiger partial charge in [-0.05, 0) is 55.9 Å². The molecule has 3 heteroatoms. The Morgan fingerprint density at radius 2 is 1.83 bits per heavy atom. The van der Waals surface area contributed by atoms with Gasteiger partial charge in [-0.2, -0.15) is 0 Å². The monoisotopic (exact) mass is 306 g/mol. The lowest BCUT2D eigenvalue weighted by molar-refractivity contribution is 0.311. The molecule has 3 nitrogen and oxygen atoms in total. The Bertz CT molecular complexity index is 861. The third-order valence-corrected chi connectivity index (χ3v) is 4.83. The molecular weight excluding hydrogens is 284 g/mol. The minimum Gasteiger partial charge on any atom is -0.497 e. The maximum Gasteiger partial charge on any atom is 0.119 e. The van der Waals surface area contributed by atoms with E-state index in [-0.39, 0.29) is 0 Å². The molecule has 0 fully saturated rings. The first-order chi connectivity index (χ1) is 11.2. The van der Waals surface area contributed by atoms with Crippen molar-refractivity contribution in [1.82, 2.24) is 9.47 Å². The third-order valence-electron chi connectivity index (χ3n) is 4.83. The molecule has 2 aromatic carbocycles. The lowest BCUT2D eigenvalue weighted by Gasteiger charge is -2.24. The van der Waals surface area contributed by atoms with Gasteiger partial charge in [-0.15, -0.1) is 0 Å². The van der Waals surface area contributed by atoms with Crippen molar-refractivity contribution >= 4 is 10.9 Å². The predicted molar refractivity (Wildman–Crippen MR) is 94.6 cm³/mol. The Balaban J connectivity index is 1.98. The van der Waals surface area contributed by atoms with Crippen LogP contribution in [0, 0.1) is 6.92 Å². The normalized spacial score (nSPS) is 14.9. The minimum absolute atomic E-state index is 0.898. The van der Waals surface area contributed by atoms with Crippen molar-refractivity contribution in [1.29, 1.82) is 0 Å². The molecule has 0 amide bonds. The predicted octanol–water partition coefficient (Wildman–Crippen LogP) is 3.94. The van der Waals surface area contributed by atoms with Gasteiger partial charge in [-0.3, -0.25) is 0 Å². The highest BCUT2D eigenvalue weighted by molar-refractivity contribution is 5.88. The smallest absolute Gasteiger partial charge is 0.119 e. The van der Waals surface area contributed by atoms with Gasteiger partial charge in [-0.25, -0.2) is 0 Å². The van der Waals surface area contributed by atoms with Crippen molar-refractivity contribution in [3.63, 3.8) is 0 Å². The summed E-state index contributed by atoms with van der Waals surface area (Å²) in [7, 11) is 3.91. The summed E-state index contributed by atoms with van der Waals surface area (Å²) in [5.74, 6) is 0.898. The molecule has 1 aliphatic heterocycles. The van der Waals surface area contributed by atoms with Crippen LogP contribution in [0.25, 0.3) is 16.6 Å². The molecule has 0 spiro atoms. The standard InChI is InChI=1S/C20H22N2O/c1-14-4-9-19-17(12-14)18-13-21(2)11-10-20(18)22(19)15-5-7-16(23-3)8-6-15/h4-9,12H,10-11,13H2,1-3H3. The molecule has 0 N–H and O–H groups in total. The van der Waals surface area contributed by atoms with Crippen molar-refractivity contribution in [2.75, 3.05) is 20.7 Å². The van der Waals surface area contributed by atoms with Gasteiger partial charge in [0, 0.05) is 36.3 Å².